The number of carbonyl (C=O) groups excluding carboxylic acids is 1. The maximum Gasteiger partial charge on any atom is 0.340 e. The van der Waals surface area contributed by atoms with E-state index in [2.05, 4.69) is 13.8 Å². The van der Waals surface area contributed by atoms with Crippen molar-refractivity contribution < 1.29 is 14.3 Å². The summed E-state index contributed by atoms with van der Waals surface area (Å²) in [5.41, 5.74) is 6.56. The van der Waals surface area contributed by atoms with Crippen molar-refractivity contribution in [3.05, 3.63) is 23.8 Å². The van der Waals surface area contributed by atoms with Gasteiger partial charge >= 0.3 is 5.97 Å². The molecule has 0 aromatic heterocycles. The lowest BCUT2D eigenvalue weighted by atomic mass is 9.82. The Morgan fingerprint density at radius 3 is 2.45 bits per heavy atom. The number of hydrogen-bond donors (Lipinski definition) is 1. The van der Waals surface area contributed by atoms with E-state index in [1.807, 2.05) is 6.07 Å². The van der Waals surface area contributed by atoms with Crippen LogP contribution in [0.3, 0.4) is 0 Å². The van der Waals surface area contributed by atoms with Crippen LogP contribution in [0.4, 0.5) is 5.69 Å². The van der Waals surface area contributed by atoms with Crippen LogP contribution in [-0.4, -0.2) is 19.2 Å². The summed E-state index contributed by atoms with van der Waals surface area (Å²) in [4.78, 5) is 11.6. The van der Waals surface area contributed by atoms with Crippen LogP contribution in [0.2, 0.25) is 0 Å². The Kier molecular flexibility index (Phi) is 4.53. The molecule has 0 radical (unpaired) electrons. The molecule has 0 heterocycles. The predicted octanol–water partition coefficient (Wildman–Crippen LogP) is 3.26. The fraction of sp³-hybridized carbons (Fsp3) is 0.562. The molecule has 0 aliphatic heterocycles. The first-order valence-electron chi connectivity index (χ1n) is 7.14. The van der Waals surface area contributed by atoms with Gasteiger partial charge in [-0.05, 0) is 49.3 Å². The molecule has 20 heavy (non-hydrogen) atoms. The summed E-state index contributed by atoms with van der Waals surface area (Å²) in [6, 6.07) is 5.17. The second-order valence-electron chi connectivity index (χ2n) is 5.90. The average Bonchev–Trinajstić information content (AvgIpc) is 2.39. The van der Waals surface area contributed by atoms with Crippen LogP contribution in [0.15, 0.2) is 18.2 Å². The second-order valence-corrected chi connectivity index (χ2v) is 5.90. The van der Waals surface area contributed by atoms with Gasteiger partial charge in [0.15, 0.2) is 0 Å². The molecule has 0 amide bonds. The number of esters is 1. The maximum atomic E-state index is 11.6. The van der Waals surface area contributed by atoms with Crippen LogP contribution in [-0.2, 0) is 4.74 Å². The van der Waals surface area contributed by atoms with Gasteiger partial charge in [0.2, 0.25) is 0 Å². The average molecular weight is 277 g/mol. The van der Waals surface area contributed by atoms with E-state index in [-0.39, 0.29) is 6.10 Å². The van der Waals surface area contributed by atoms with E-state index in [1.165, 1.54) is 13.5 Å². The smallest absolute Gasteiger partial charge is 0.340 e. The zero-order valence-electron chi connectivity index (χ0n) is 12.4. The summed E-state index contributed by atoms with van der Waals surface area (Å²) in [7, 11) is 1.35. The quantitative estimate of drug-likeness (QED) is 0.680. The highest BCUT2D eigenvalue weighted by Gasteiger charge is 2.25. The van der Waals surface area contributed by atoms with Gasteiger partial charge in [-0.3, -0.25) is 0 Å². The molecule has 1 aliphatic carbocycles. The number of rotatable bonds is 3. The molecule has 2 unspecified atom stereocenters. The molecule has 2 N–H and O–H groups in total. The minimum absolute atomic E-state index is 0.211. The van der Waals surface area contributed by atoms with Crippen LogP contribution in [0.25, 0.3) is 0 Å². The van der Waals surface area contributed by atoms with E-state index in [9.17, 15) is 4.79 Å². The van der Waals surface area contributed by atoms with E-state index in [0.717, 1.165) is 12.8 Å². The van der Waals surface area contributed by atoms with E-state index < -0.39 is 5.97 Å². The molecule has 4 heteroatoms. The Labute approximate surface area is 120 Å². The van der Waals surface area contributed by atoms with Gasteiger partial charge in [-0.25, -0.2) is 4.79 Å². The molecule has 0 spiro atoms. The van der Waals surface area contributed by atoms with E-state index in [0.29, 0.717) is 28.8 Å². The Balaban J connectivity index is 2.11. The number of methoxy groups -OCH3 is 1. The van der Waals surface area contributed by atoms with Gasteiger partial charge in [-0.2, -0.15) is 0 Å². The van der Waals surface area contributed by atoms with Gasteiger partial charge < -0.3 is 15.2 Å². The van der Waals surface area contributed by atoms with Gasteiger partial charge in [0.05, 0.1) is 18.8 Å². The molecule has 1 aliphatic rings. The van der Waals surface area contributed by atoms with Gasteiger partial charge in [0.25, 0.3) is 0 Å². The maximum absolute atomic E-state index is 11.6. The molecule has 2 atom stereocenters. The molecule has 2 rings (SSSR count). The summed E-state index contributed by atoms with van der Waals surface area (Å²) >= 11 is 0. The van der Waals surface area contributed by atoms with Crippen molar-refractivity contribution in [1.29, 1.82) is 0 Å². The number of anilines is 1. The number of ether oxygens (including phenoxy) is 2. The largest absolute Gasteiger partial charge is 0.490 e. The van der Waals surface area contributed by atoms with Gasteiger partial charge in [0, 0.05) is 5.69 Å². The number of hydrogen-bond acceptors (Lipinski definition) is 4. The highest BCUT2D eigenvalue weighted by atomic mass is 16.5. The molecule has 1 aromatic rings. The van der Waals surface area contributed by atoms with Crippen LogP contribution < -0.4 is 10.5 Å². The molecule has 1 fully saturated rings. The van der Waals surface area contributed by atoms with Crippen LogP contribution in [0.5, 0.6) is 5.75 Å². The van der Waals surface area contributed by atoms with Crippen LogP contribution in [0, 0.1) is 11.8 Å². The van der Waals surface area contributed by atoms with E-state index in [1.54, 1.807) is 12.1 Å². The SMILES string of the molecule is COC(=O)c1cc(OC2CC(C)CC(C)C2)ccc1N. The van der Waals surface area contributed by atoms with Crippen molar-refractivity contribution in [1.82, 2.24) is 0 Å². The Bertz CT molecular complexity index is 477. The molecule has 1 saturated carbocycles. The predicted molar refractivity (Wildman–Crippen MR) is 78.8 cm³/mol. The third-order valence-electron chi connectivity index (χ3n) is 3.87. The van der Waals surface area contributed by atoms with Gasteiger partial charge in [0.1, 0.15) is 5.75 Å². The van der Waals surface area contributed by atoms with E-state index in [4.69, 9.17) is 15.2 Å². The van der Waals surface area contributed by atoms with Gasteiger partial charge in [-0.15, -0.1) is 0 Å². The third kappa shape index (κ3) is 3.44. The summed E-state index contributed by atoms with van der Waals surface area (Å²) in [5, 5.41) is 0. The van der Waals surface area contributed by atoms with Crippen molar-refractivity contribution >= 4 is 11.7 Å². The Hall–Kier alpha value is -1.71. The lowest BCUT2D eigenvalue weighted by molar-refractivity contribution is 0.0599. The molecular weight excluding hydrogens is 254 g/mol. The highest BCUT2D eigenvalue weighted by Crippen LogP contribution is 2.32. The minimum Gasteiger partial charge on any atom is -0.490 e. The van der Waals surface area contributed by atoms with E-state index >= 15 is 0 Å². The van der Waals surface area contributed by atoms with Crippen molar-refractivity contribution in [2.75, 3.05) is 12.8 Å². The number of carbonyl (C=O) groups is 1. The molecule has 110 valence electrons. The zero-order valence-corrected chi connectivity index (χ0v) is 12.4. The minimum atomic E-state index is -0.432. The van der Waals surface area contributed by atoms with Crippen molar-refractivity contribution in [2.24, 2.45) is 11.8 Å². The Morgan fingerprint density at radius 2 is 1.85 bits per heavy atom. The monoisotopic (exact) mass is 277 g/mol. The summed E-state index contributed by atoms with van der Waals surface area (Å²) < 4.78 is 10.7. The van der Waals surface area contributed by atoms with Crippen LogP contribution in [0.1, 0.15) is 43.5 Å². The number of nitrogen functional groups attached to an aromatic ring is 1. The molecule has 4 nitrogen and oxygen atoms in total. The lowest BCUT2D eigenvalue weighted by Crippen LogP contribution is -2.28. The molecule has 0 saturated heterocycles. The summed E-state index contributed by atoms with van der Waals surface area (Å²) in [6.07, 6.45) is 3.59. The first-order valence-corrected chi connectivity index (χ1v) is 7.14. The normalized spacial score (nSPS) is 26.1. The summed E-state index contributed by atoms with van der Waals surface area (Å²) in [6.45, 7) is 4.52. The fourth-order valence-corrected chi connectivity index (χ4v) is 3.06. The lowest BCUT2D eigenvalue weighted by Gasteiger charge is -2.31. The third-order valence-corrected chi connectivity index (χ3v) is 3.87. The molecule has 0 bridgehead atoms. The van der Waals surface area contributed by atoms with Gasteiger partial charge in [-0.1, -0.05) is 13.8 Å². The van der Waals surface area contributed by atoms with Crippen molar-refractivity contribution in [2.45, 2.75) is 39.2 Å². The first-order chi connectivity index (χ1) is 9.49. The Morgan fingerprint density at radius 1 is 1.20 bits per heavy atom. The number of benzene rings is 1. The first kappa shape index (κ1) is 14.7. The standard InChI is InChI=1S/C16H23NO3/c1-10-6-11(2)8-13(7-10)20-12-4-5-15(17)14(9-12)16(18)19-3/h4-5,9-11,13H,6-8,17H2,1-3H3. The van der Waals surface area contributed by atoms with Crippen molar-refractivity contribution in [3.8, 4) is 5.75 Å². The topological polar surface area (TPSA) is 61.5 Å². The number of nitrogens with two attached hydrogens (primary N) is 1. The van der Waals surface area contributed by atoms with Crippen LogP contribution >= 0.6 is 0 Å². The highest BCUT2D eigenvalue weighted by molar-refractivity contribution is 5.95. The molecule has 1 aromatic carbocycles. The summed E-state index contributed by atoms with van der Waals surface area (Å²) in [5.74, 6) is 1.61. The zero-order chi connectivity index (χ0) is 14.7. The second kappa shape index (κ2) is 6.16. The fourth-order valence-electron chi connectivity index (χ4n) is 3.06. The van der Waals surface area contributed by atoms with Crippen molar-refractivity contribution in [3.63, 3.8) is 0 Å². The molecular formula is C16H23NO3.